The maximum atomic E-state index is 10.8. The van der Waals surface area contributed by atoms with Crippen molar-refractivity contribution in [2.75, 3.05) is 0 Å². The lowest BCUT2D eigenvalue weighted by Crippen LogP contribution is -2.63. The third kappa shape index (κ3) is 8.29. The van der Waals surface area contributed by atoms with Crippen molar-refractivity contribution in [1.29, 1.82) is 0 Å². The zero-order valence-corrected chi connectivity index (χ0v) is 22.0. The van der Waals surface area contributed by atoms with Crippen LogP contribution < -0.4 is 10.4 Å². The molecular formula is C32H30O2Si. The van der Waals surface area contributed by atoms with Gasteiger partial charge in [-0.3, -0.25) is 4.79 Å². The first-order valence-corrected chi connectivity index (χ1v) is 13.4. The van der Waals surface area contributed by atoms with Gasteiger partial charge in [-0.1, -0.05) is 99.5 Å². The highest BCUT2D eigenvalue weighted by Crippen LogP contribution is 2.35. The number of carbonyl (C=O) groups excluding carboxylic acids is 1. The highest BCUT2D eigenvalue weighted by Gasteiger charge is 2.46. The minimum absolute atomic E-state index is 0.0433. The Morgan fingerprint density at radius 1 is 0.829 bits per heavy atom. The third-order valence-corrected chi connectivity index (χ3v) is 10.3. The van der Waals surface area contributed by atoms with Crippen LogP contribution in [-0.4, -0.2) is 20.1 Å². The van der Waals surface area contributed by atoms with E-state index in [4.69, 9.17) is 4.74 Å². The van der Waals surface area contributed by atoms with E-state index in [-0.39, 0.29) is 17.1 Å². The quantitative estimate of drug-likeness (QED) is 0.273. The monoisotopic (exact) mass is 474 g/mol. The number of rotatable bonds is 5. The van der Waals surface area contributed by atoms with Crippen LogP contribution in [-0.2, 0) is 9.53 Å². The van der Waals surface area contributed by atoms with Gasteiger partial charge < -0.3 is 4.74 Å². The predicted molar refractivity (Wildman–Crippen MR) is 148 cm³/mol. The van der Waals surface area contributed by atoms with E-state index >= 15 is 0 Å². The molecule has 174 valence electrons. The molecule has 0 aliphatic carbocycles. The molecule has 2 nitrogen and oxygen atoms in total. The van der Waals surface area contributed by atoms with Crippen LogP contribution in [0.1, 0.15) is 34.6 Å². The molecule has 0 aliphatic rings. The summed E-state index contributed by atoms with van der Waals surface area (Å²) in [6, 6.07) is 21.1. The summed E-state index contributed by atoms with van der Waals surface area (Å²) in [4.78, 5) is 10.8. The molecule has 0 aliphatic heterocycles. The van der Waals surface area contributed by atoms with E-state index in [0.717, 1.165) is 0 Å². The van der Waals surface area contributed by atoms with Crippen LogP contribution >= 0.6 is 0 Å². The molecule has 3 heteroatoms. The molecule has 0 N–H and O–H groups in total. The maximum absolute atomic E-state index is 10.8. The lowest BCUT2D eigenvalue weighted by molar-refractivity contribution is -0.143. The van der Waals surface area contributed by atoms with Crippen molar-refractivity contribution in [2.45, 2.75) is 45.8 Å². The second kappa shape index (κ2) is 13.5. The molecule has 0 saturated carbocycles. The van der Waals surface area contributed by atoms with E-state index in [2.05, 4.69) is 116 Å². The van der Waals surface area contributed by atoms with Gasteiger partial charge in [0.2, 0.25) is 8.07 Å². The second-order valence-corrected chi connectivity index (χ2v) is 13.2. The molecule has 2 rings (SSSR count). The standard InChI is InChI=1S/C32H30O2Si/c1-28(34-29(2)33)22-16-12-10-8-6-7-9-11-13-21-27-35(32(3,4)5,30-23-17-14-18-24-30)31-25-19-15-20-26-31/h10,12,14-20,22-26,28H,1-5H3/b12-10+,22-16+. The Morgan fingerprint density at radius 3 is 1.86 bits per heavy atom. The molecule has 0 fully saturated rings. The lowest BCUT2D eigenvalue weighted by Gasteiger charge is -2.39. The fourth-order valence-corrected chi connectivity index (χ4v) is 8.06. The smallest absolute Gasteiger partial charge is 0.303 e. The van der Waals surface area contributed by atoms with Crippen molar-refractivity contribution < 1.29 is 9.53 Å². The Hall–Kier alpha value is -4.15. The molecule has 0 spiro atoms. The van der Waals surface area contributed by atoms with Crippen molar-refractivity contribution in [3.05, 3.63) is 85.0 Å². The highest BCUT2D eigenvalue weighted by atomic mass is 28.3. The molecule has 1 atom stereocenters. The SMILES string of the molecule is CC(=O)OC(C)/C=C/C=C/C#CC#CC#CC#C[Si](c1ccccc1)(c1ccccc1)C(C)(C)C. The summed E-state index contributed by atoms with van der Waals surface area (Å²) in [5.41, 5.74) is 3.61. The molecule has 0 amide bonds. The van der Waals surface area contributed by atoms with Crippen molar-refractivity contribution in [3.63, 3.8) is 0 Å². The maximum Gasteiger partial charge on any atom is 0.303 e. The molecule has 0 radical (unpaired) electrons. The Morgan fingerprint density at radius 2 is 1.34 bits per heavy atom. The number of carbonyl (C=O) groups is 1. The van der Waals surface area contributed by atoms with Gasteiger partial charge in [-0.15, -0.1) is 5.54 Å². The van der Waals surface area contributed by atoms with Crippen LogP contribution in [0.2, 0.25) is 5.04 Å². The number of allylic oxidation sites excluding steroid dienone is 3. The van der Waals surface area contributed by atoms with Crippen molar-refractivity contribution in [2.24, 2.45) is 0 Å². The summed E-state index contributed by atoms with van der Waals surface area (Å²) in [7, 11) is -2.44. The highest BCUT2D eigenvalue weighted by molar-refractivity contribution is 7.10. The molecule has 0 heterocycles. The number of hydrogen-bond acceptors (Lipinski definition) is 2. The Kier molecular flexibility index (Phi) is 10.5. The zero-order valence-electron chi connectivity index (χ0n) is 21.0. The summed E-state index contributed by atoms with van der Waals surface area (Å²) < 4.78 is 4.99. The first kappa shape index (κ1) is 27.1. The van der Waals surface area contributed by atoms with Gasteiger partial charge in [0.25, 0.3) is 0 Å². The molecule has 1 unspecified atom stereocenters. The van der Waals surface area contributed by atoms with E-state index in [1.165, 1.54) is 17.3 Å². The molecule has 35 heavy (non-hydrogen) atoms. The number of hydrogen-bond donors (Lipinski definition) is 0. The minimum Gasteiger partial charge on any atom is -0.459 e. The Labute approximate surface area is 211 Å². The Bertz CT molecular complexity index is 1260. The fraction of sp³-hybridized carbons (Fsp3) is 0.219. The first-order chi connectivity index (χ1) is 16.8. The molecule has 0 bridgehead atoms. The molecular weight excluding hydrogens is 444 g/mol. The molecule has 0 aromatic heterocycles. The van der Waals surface area contributed by atoms with Crippen molar-refractivity contribution in [1.82, 2.24) is 0 Å². The lowest BCUT2D eigenvalue weighted by atomic mass is 10.2. The van der Waals surface area contributed by atoms with Crippen molar-refractivity contribution >= 4 is 24.4 Å². The summed E-state index contributed by atoms with van der Waals surface area (Å²) in [5.74, 6) is 19.5. The van der Waals surface area contributed by atoms with E-state index < -0.39 is 8.07 Å². The average Bonchev–Trinajstić information content (AvgIpc) is 2.82. The van der Waals surface area contributed by atoms with Gasteiger partial charge in [-0.05, 0) is 70.0 Å². The summed E-state index contributed by atoms with van der Waals surface area (Å²) in [6.45, 7) is 9.95. The summed E-state index contributed by atoms with van der Waals surface area (Å²) in [5, 5.41) is 2.50. The average molecular weight is 475 g/mol. The number of benzene rings is 2. The minimum atomic E-state index is -2.44. The van der Waals surface area contributed by atoms with Crippen molar-refractivity contribution in [3.8, 4) is 47.0 Å². The van der Waals surface area contributed by atoms with Gasteiger partial charge in [-0.25, -0.2) is 0 Å². The van der Waals surface area contributed by atoms with Gasteiger partial charge in [0, 0.05) is 6.92 Å². The zero-order chi connectivity index (χ0) is 25.6. The molecule has 2 aromatic carbocycles. The van der Waals surface area contributed by atoms with Gasteiger partial charge in [0.15, 0.2) is 0 Å². The van der Waals surface area contributed by atoms with E-state index in [1.807, 2.05) is 12.1 Å². The van der Waals surface area contributed by atoms with Crippen LogP contribution in [0, 0.1) is 47.0 Å². The van der Waals surface area contributed by atoms with Gasteiger partial charge in [0.05, 0.1) is 0 Å². The molecule has 2 aromatic rings. The number of esters is 1. The molecule has 0 saturated heterocycles. The van der Waals surface area contributed by atoms with E-state index in [9.17, 15) is 4.79 Å². The normalized spacial score (nSPS) is 11.6. The van der Waals surface area contributed by atoms with Gasteiger partial charge in [-0.2, -0.15) is 0 Å². The van der Waals surface area contributed by atoms with Crippen LogP contribution in [0.5, 0.6) is 0 Å². The van der Waals surface area contributed by atoms with Crippen LogP contribution in [0.4, 0.5) is 0 Å². The Balaban J connectivity index is 2.21. The fourth-order valence-electron chi connectivity index (χ4n) is 3.69. The van der Waals surface area contributed by atoms with Crippen LogP contribution in [0.25, 0.3) is 0 Å². The van der Waals surface area contributed by atoms with E-state index in [1.54, 1.807) is 31.2 Å². The van der Waals surface area contributed by atoms with E-state index in [0.29, 0.717) is 0 Å². The predicted octanol–water partition coefficient (Wildman–Crippen LogP) is 4.67. The summed E-state index contributed by atoms with van der Waals surface area (Å²) in [6.07, 6.45) is 6.69. The van der Waals surface area contributed by atoms with Crippen LogP contribution in [0.3, 0.4) is 0 Å². The van der Waals surface area contributed by atoms with Crippen LogP contribution in [0.15, 0.2) is 85.0 Å². The van der Waals surface area contributed by atoms with Gasteiger partial charge >= 0.3 is 5.97 Å². The topological polar surface area (TPSA) is 26.3 Å². The summed E-state index contributed by atoms with van der Waals surface area (Å²) >= 11 is 0. The first-order valence-electron chi connectivity index (χ1n) is 11.4. The van der Waals surface area contributed by atoms with Gasteiger partial charge in [0.1, 0.15) is 6.10 Å². The number of ether oxygens (including phenoxy) is 1. The third-order valence-electron chi connectivity index (χ3n) is 5.20. The largest absolute Gasteiger partial charge is 0.459 e. The second-order valence-electron chi connectivity index (χ2n) is 8.81.